The highest BCUT2D eigenvalue weighted by Gasteiger charge is 2.51. The number of hydrogen-bond acceptors (Lipinski definition) is 3. The first-order chi connectivity index (χ1) is 5.61. The van der Waals surface area contributed by atoms with Gasteiger partial charge in [-0.05, 0) is 0 Å². The van der Waals surface area contributed by atoms with Gasteiger partial charge >= 0.3 is 16.9 Å². The number of nitrogens with one attached hydrogen (secondary N) is 1. The van der Waals surface area contributed by atoms with Gasteiger partial charge in [-0.2, -0.15) is 10.4 Å². The first-order valence-corrected chi connectivity index (χ1v) is 3.49. The predicted octanol–water partition coefficient (Wildman–Crippen LogP) is 0.759. The van der Waals surface area contributed by atoms with E-state index in [1.54, 1.807) is 0 Å². The minimum atomic E-state index is -3.60. The molecule has 0 bridgehead atoms. The number of nitrogens with zero attached hydrogens (tertiary/aromatic N) is 2. The van der Waals surface area contributed by atoms with Crippen molar-refractivity contribution in [1.29, 1.82) is 5.26 Å². The van der Waals surface area contributed by atoms with Crippen molar-refractivity contribution in [1.82, 2.24) is 10.2 Å². The number of nitriles is 1. The summed E-state index contributed by atoms with van der Waals surface area (Å²) < 4.78 is 35.1. The van der Waals surface area contributed by atoms with Crippen LogP contribution in [0, 0.1) is 11.3 Å². The Morgan fingerprint density at radius 1 is 1.75 bits per heavy atom. The number of hydrogen-bond donors (Lipinski definition) is 1. The maximum atomic E-state index is 12.6. The van der Waals surface area contributed by atoms with Gasteiger partial charge in [0.2, 0.25) is 0 Å². The summed E-state index contributed by atoms with van der Waals surface area (Å²) in [5.74, 6) is 0. The largest absolute Gasteiger partial charge is 0.561 e. The van der Waals surface area contributed by atoms with Crippen LogP contribution in [0.2, 0.25) is 0 Å². The zero-order valence-corrected chi connectivity index (χ0v) is 6.36. The average Bonchev–Trinajstić information content (AvgIpc) is 2.52. The minimum Gasteiger partial charge on any atom is -0.284 e. The summed E-state index contributed by atoms with van der Waals surface area (Å²) in [6, 6.07) is 1.44. The Balaban J connectivity index is 3.20. The Bertz CT molecular complexity index is 343. The Labute approximate surface area is 69.7 Å². The summed E-state index contributed by atoms with van der Waals surface area (Å²) in [6.07, 6.45) is 0.837. The molecule has 0 aliphatic carbocycles. The molecule has 4 nitrogen and oxygen atoms in total. The monoisotopic (exact) mass is 190 g/mol. The van der Waals surface area contributed by atoms with Crippen LogP contribution in [0.3, 0.4) is 0 Å². The molecule has 0 spiro atoms. The third-order valence-electron chi connectivity index (χ3n) is 1.16. The van der Waals surface area contributed by atoms with Gasteiger partial charge in [-0.25, -0.2) is 0 Å². The van der Waals surface area contributed by atoms with Crippen molar-refractivity contribution in [3.63, 3.8) is 0 Å². The third kappa shape index (κ3) is 1.29. The van der Waals surface area contributed by atoms with E-state index in [1.807, 2.05) is 0 Å². The number of halogens is 2. The molecule has 1 heterocycles. The van der Waals surface area contributed by atoms with Crippen LogP contribution in [-0.4, -0.2) is 10.2 Å². The molecule has 0 unspecified atom stereocenters. The van der Waals surface area contributed by atoms with Gasteiger partial charge in [0.15, 0.2) is 5.69 Å². The Morgan fingerprint density at radius 2 is 2.42 bits per heavy atom. The molecule has 0 radical (unpaired) electrons. The minimum absolute atomic E-state index is 0.455. The topological polar surface area (TPSA) is 69.5 Å². The first-order valence-electron chi connectivity index (χ1n) is 2.75. The zero-order valence-electron chi connectivity index (χ0n) is 5.54. The molecule has 0 saturated carbocycles. The summed E-state index contributed by atoms with van der Waals surface area (Å²) in [4.78, 5) is 0. The second-order valence-corrected chi connectivity index (χ2v) is 2.54. The molecule has 1 rings (SSSR count). The van der Waals surface area contributed by atoms with Crippen molar-refractivity contribution in [3.05, 3.63) is 17.5 Å². The van der Waals surface area contributed by atoms with Crippen LogP contribution >= 0.6 is 0 Å². The number of aromatic nitrogens is 2. The summed E-state index contributed by atoms with van der Waals surface area (Å²) in [7, 11) is 0. The lowest BCUT2D eigenvalue weighted by atomic mass is 10.3. The molecule has 0 aliphatic rings. The summed E-state index contributed by atoms with van der Waals surface area (Å²) >= 11 is -0.880. The number of alkyl halides is 2. The maximum absolute atomic E-state index is 12.6. The van der Waals surface area contributed by atoms with E-state index in [4.69, 9.17) is 5.26 Å². The van der Waals surface area contributed by atoms with E-state index in [1.165, 1.54) is 6.07 Å². The van der Waals surface area contributed by atoms with Crippen LogP contribution in [0.4, 0.5) is 8.78 Å². The molecule has 0 amide bonds. The first kappa shape index (κ1) is 8.67. The van der Waals surface area contributed by atoms with Gasteiger partial charge in [0.1, 0.15) is 11.6 Å². The van der Waals surface area contributed by atoms with E-state index in [0.29, 0.717) is 0 Å². The van der Waals surface area contributed by atoms with E-state index >= 15 is 0 Å². The smallest absolute Gasteiger partial charge is 0.284 e. The molecular weight excluding hydrogens is 188 g/mol. The summed E-state index contributed by atoms with van der Waals surface area (Å²) in [5, 5.41) is 10.0. The zero-order chi connectivity index (χ0) is 9.19. The Morgan fingerprint density at radius 3 is 2.92 bits per heavy atom. The molecule has 1 N–H and O–H groups in total. The van der Waals surface area contributed by atoms with Crippen LogP contribution < -0.4 is 0 Å². The molecule has 0 saturated heterocycles. The fourth-order valence-electron chi connectivity index (χ4n) is 0.642. The second kappa shape index (κ2) is 2.91. The molecule has 0 aromatic carbocycles. The lowest BCUT2D eigenvalue weighted by Gasteiger charge is -1.91. The van der Waals surface area contributed by atoms with Gasteiger partial charge in [-0.3, -0.25) is 5.10 Å². The van der Waals surface area contributed by atoms with Crippen molar-refractivity contribution in [2.75, 3.05) is 0 Å². The fraction of sp³-hybridized carbons (Fsp3) is 0.200. The highest BCUT2D eigenvalue weighted by molar-refractivity contribution is 7.66. The number of rotatable bonds is 2. The third-order valence-corrected chi connectivity index (χ3v) is 1.59. The van der Waals surface area contributed by atoms with Crippen LogP contribution in [0.25, 0.3) is 0 Å². The second-order valence-electron chi connectivity index (χ2n) is 1.86. The van der Waals surface area contributed by atoms with Crippen LogP contribution in [0.5, 0.6) is 0 Å². The van der Waals surface area contributed by atoms with E-state index < -0.39 is 28.2 Å². The molecule has 0 aliphatic heterocycles. The lowest BCUT2D eigenvalue weighted by Crippen LogP contribution is -2.11. The Hall–Kier alpha value is -1.42. The van der Waals surface area contributed by atoms with Crippen molar-refractivity contribution < 1.29 is 13.0 Å². The van der Waals surface area contributed by atoms with Gasteiger partial charge in [-0.15, -0.1) is 8.78 Å². The fourth-order valence-corrected chi connectivity index (χ4v) is 0.887. The van der Waals surface area contributed by atoms with E-state index in [9.17, 15) is 13.0 Å². The molecule has 1 aromatic heterocycles. The van der Waals surface area contributed by atoms with Gasteiger partial charge in [0, 0.05) is 10.4 Å². The standard InChI is InChI=1S/C5H2F2N3OS/c6-5(7,12-11)3-2-9-10-4(3)1-8/h2H,(H,9,10)/q+1. The van der Waals surface area contributed by atoms with Gasteiger partial charge in [0.05, 0.1) is 0 Å². The van der Waals surface area contributed by atoms with Gasteiger partial charge in [-0.1, -0.05) is 0 Å². The SMILES string of the molecule is N#Cc1n[nH]cc1C(F)(F)[S+]=O. The van der Waals surface area contributed by atoms with Crippen LogP contribution in [-0.2, 0) is 21.1 Å². The van der Waals surface area contributed by atoms with Crippen molar-refractivity contribution >= 4 is 11.7 Å². The quantitative estimate of drug-likeness (QED) is 0.700. The van der Waals surface area contributed by atoms with Crippen LogP contribution in [0.15, 0.2) is 6.20 Å². The maximum Gasteiger partial charge on any atom is 0.561 e. The lowest BCUT2D eigenvalue weighted by molar-refractivity contribution is 0.100. The Kier molecular flexibility index (Phi) is 2.10. The molecule has 0 atom stereocenters. The average molecular weight is 190 g/mol. The predicted molar refractivity (Wildman–Crippen MR) is 35.2 cm³/mol. The molecule has 0 fully saturated rings. The van der Waals surface area contributed by atoms with E-state index in [0.717, 1.165) is 6.20 Å². The molecule has 7 heteroatoms. The molecule has 12 heavy (non-hydrogen) atoms. The highest BCUT2D eigenvalue weighted by atomic mass is 32.1. The molecule has 1 aromatic rings. The van der Waals surface area contributed by atoms with E-state index in [2.05, 4.69) is 10.2 Å². The number of H-pyrrole nitrogens is 1. The van der Waals surface area contributed by atoms with Gasteiger partial charge in [0.25, 0.3) is 0 Å². The van der Waals surface area contributed by atoms with Gasteiger partial charge < -0.3 is 0 Å². The summed E-state index contributed by atoms with van der Waals surface area (Å²) in [5.41, 5.74) is -1.13. The van der Waals surface area contributed by atoms with Crippen molar-refractivity contribution in [2.24, 2.45) is 0 Å². The highest BCUT2D eigenvalue weighted by Crippen LogP contribution is 2.28. The number of aromatic amines is 1. The van der Waals surface area contributed by atoms with Crippen LogP contribution in [0.1, 0.15) is 11.3 Å². The van der Waals surface area contributed by atoms with Crippen molar-refractivity contribution in [3.8, 4) is 6.07 Å². The van der Waals surface area contributed by atoms with E-state index in [-0.39, 0.29) is 0 Å². The molecular formula is C5H2F2N3OS+. The summed E-state index contributed by atoms with van der Waals surface area (Å²) in [6.45, 7) is 0. The molecule has 62 valence electrons. The normalized spacial score (nSPS) is 10.8. The van der Waals surface area contributed by atoms with Crippen molar-refractivity contribution in [2.45, 2.75) is 5.25 Å².